The summed E-state index contributed by atoms with van der Waals surface area (Å²) < 4.78 is 0.885. The van der Waals surface area contributed by atoms with Gasteiger partial charge in [0.15, 0.2) is 5.03 Å². The standard InChI is InChI=1S/C14H13BrN4O2S/c15-10-5-1-2-6-12(10)22-13-11(19(20)21)9-16-14(17-13)18-7-3-4-8-18/h1-2,5-6,9H,3-4,7-8H2. The lowest BCUT2D eigenvalue weighted by Gasteiger charge is -2.15. The van der Waals surface area contributed by atoms with Gasteiger partial charge in [-0.1, -0.05) is 23.9 Å². The minimum absolute atomic E-state index is 0.0660. The molecule has 2 aromatic rings. The highest BCUT2D eigenvalue weighted by Gasteiger charge is 2.22. The van der Waals surface area contributed by atoms with E-state index in [0.29, 0.717) is 11.0 Å². The highest BCUT2D eigenvalue weighted by Crippen LogP contribution is 2.37. The maximum atomic E-state index is 11.2. The van der Waals surface area contributed by atoms with Gasteiger partial charge in [-0.2, -0.15) is 4.98 Å². The van der Waals surface area contributed by atoms with Crippen LogP contribution in [0.15, 0.2) is 44.9 Å². The molecule has 0 N–H and O–H groups in total. The van der Waals surface area contributed by atoms with Crippen LogP contribution in [0.4, 0.5) is 11.6 Å². The molecule has 8 heteroatoms. The van der Waals surface area contributed by atoms with Crippen LogP contribution >= 0.6 is 27.7 Å². The normalized spacial score (nSPS) is 14.3. The highest BCUT2D eigenvalue weighted by atomic mass is 79.9. The molecular weight excluding hydrogens is 368 g/mol. The first-order valence-corrected chi connectivity index (χ1v) is 8.45. The quantitative estimate of drug-likeness (QED) is 0.455. The third-order valence-corrected chi connectivity index (χ3v) is 5.38. The summed E-state index contributed by atoms with van der Waals surface area (Å²) in [5.74, 6) is 0.567. The Balaban J connectivity index is 1.97. The fourth-order valence-corrected chi connectivity index (χ4v) is 3.66. The molecule has 6 nitrogen and oxygen atoms in total. The molecule has 1 aromatic heterocycles. The molecule has 2 heterocycles. The van der Waals surface area contributed by atoms with Gasteiger partial charge < -0.3 is 4.90 Å². The van der Waals surface area contributed by atoms with E-state index in [-0.39, 0.29) is 5.69 Å². The first kappa shape index (κ1) is 15.2. The maximum absolute atomic E-state index is 11.2. The summed E-state index contributed by atoms with van der Waals surface area (Å²) >= 11 is 4.73. The van der Waals surface area contributed by atoms with E-state index < -0.39 is 4.92 Å². The van der Waals surface area contributed by atoms with Crippen molar-refractivity contribution in [1.29, 1.82) is 0 Å². The molecule has 1 aliphatic heterocycles. The predicted molar refractivity (Wildman–Crippen MR) is 88.4 cm³/mol. The van der Waals surface area contributed by atoms with Gasteiger partial charge in [0.1, 0.15) is 6.20 Å². The second-order valence-electron chi connectivity index (χ2n) is 4.84. The van der Waals surface area contributed by atoms with Gasteiger partial charge in [0.25, 0.3) is 0 Å². The Bertz CT molecular complexity index is 707. The molecule has 22 heavy (non-hydrogen) atoms. The second kappa shape index (κ2) is 6.62. The molecular formula is C14H13BrN4O2S. The zero-order valence-electron chi connectivity index (χ0n) is 11.6. The Labute approximate surface area is 140 Å². The summed E-state index contributed by atoms with van der Waals surface area (Å²) in [5, 5.41) is 11.6. The van der Waals surface area contributed by atoms with E-state index in [2.05, 4.69) is 30.8 Å². The molecule has 0 spiro atoms. The molecule has 114 valence electrons. The topological polar surface area (TPSA) is 72.2 Å². The largest absolute Gasteiger partial charge is 0.341 e. The molecule has 0 radical (unpaired) electrons. The lowest BCUT2D eigenvalue weighted by Crippen LogP contribution is -2.20. The number of hydrogen-bond donors (Lipinski definition) is 0. The summed E-state index contributed by atoms with van der Waals surface area (Å²) in [5.41, 5.74) is -0.0660. The molecule has 0 bridgehead atoms. The molecule has 1 aromatic carbocycles. The molecule has 0 atom stereocenters. The molecule has 1 fully saturated rings. The number of nitro groups is 1. The lowest BCUT2D eigenvalue weighted by atomic mass is 10.4. The van der Waals surface area contributed by atoms with Crippen molar-refractivity contribution in [2.75, 3.05) is 18.0 Å². The first-order valence-electron chi connectivity index (χ1n) is 6.84. The van der Waals surface area contributed by atoms with E-state index in [1.165, 1.54) is 18.0 Å². The third kappa shape index (κ3) is 3.22. The van der Waals surface area contributed by atoms with Crippen LogP contribution in [0.1, 0.15) is 12.8 Å². The van der Waals surface area contributed by atoms with E-state index in [1.807, 2.05) is 24.3 Å². The minimum atomic E-state index is -0.438. The summed E-state index contributed by atoms with van der Waals surface area (Å²) in [4.78, 5) is 22.3. The summed E-state index contributed by atoms with van der Waals surface area (Å²) in [7, 11) is 0. The SMILES string of the molecule is O=[N+]([O-])c1cnc(N2CCCC2)nc1Sc1ccccc1Br. The van der Waals surface area contributed by atoms with Crippen molar-refractivity contribution in [1.82, 2.24) is 9.97 Å². The molecule has 1 aliphatic rings. The van der Waals surface area contributed by atoms with E-state index in [0.717, 1.165) is 35.3 Å². The number of anilines is 1. The molecule has 0 amide bonds. The van der Waals surface area contributed by atoms with E-state index >= 15 is 0 Å². The Kier molecular flexibility index (Phi) is 4.58. The summed E-state index contributed by atoms with van der Waals surface area (Å²) in [6.45, 7) is 1.80. The van der Waals surface area contributed by atoms with Crippen LogP contribution in [0.2, 0.25) is 0 Å². The number of aromatic nitrogens is 2. The van der Waals surface area contributed by atoms with Crippen molar-refractivity contribution in [2.24, 2.45) is 0 Å². The van der Waals surface area contributed by atoms with Gasteiger partial charge in [-0.05, 0) is 40.9 Å². The highest BCUT2D eigenvalue weighted by molar-refractivity contribution is 9.10. The van der Waals surface area contributed by atoms with Gasteiger partial charge in [-0.15, -0.1) is 0 Å². The van der Waals surface area contributed by atoms with Crippen molar-refractivity contribution in [3.8, 4) is 0 Å². The number of rotatable bonds is 4. The average Bonchev–Trinajstić information content (AvgIpc) is 3.03. The van der Waals surface area contributed by atoms with E-state index in [1.54, 1.807) is 0 Å². The van der Waals surface area contributed by atoms with Crippen LogP contribution in [0.3, 0.4) is 0 Å². The fraction of sp³-hybridized carbons (Fsp3) is 0.286. The van der Waals surface area contributed by atoms with Crippen LogP contribution in [-0.4, -0.2) is 28.0 Å². The van der Waals surface area contributed by atoms with Crippen LogP contribution in [-0.2, 0) is 0 Å². The number of nitrogens with zero attached hydrogens (tertiary/aromatic N) is 4. The van der Waals surface area contributed by atoms with Gasteiger partial charge in [0.05, 0.1) is 4.92 Å². The zero-order chi connectivity index (χ0) is 15.5. The van der Waals surface area contributed by atoms with Crippen molar-refractivity contribution >= 4 is 39.3 Å². The van der Waals surface area contributed by atoms with E-state index in [4.69, 9.17) is 0 Å². The molecule has 1 saturated heterocycles. The monoisotopic (exact) mass is 380 g/mol. The summed E-state index contributed by atoms with van der Waals surface area (Å²) in [6, 6.07) is 7.59. The molecule has 0 saturated carbocycles. The summed E-state index contributed by atoms with van der Waals surface area (Å²) in [6.07, 6.45) is 3.51. The minimum Gasteiger partial charge on any atom is -0.341 e. The van der Waals surface area contributed by atoms with Gasteiger partial charge in [0, 0.05) is 22.5 Å². The third-order valence-electron chi connectivity index (χ3n) is 3.35. The van der Waals surface area contributed by atoms with Crippen LogP contribution < -0.4 is 4.90 Å². The van der Waals surface area contributed by atoms with Crippen molar-refractivity contribution in [2.45, 2.75) is 22.8 Å². The van der Waals surface area contributed by atoms with Crippen molar-refractivity contribution in [3.63, 3.8) is 0 Å². The zero-order valence-corrected chi connectivity index (χ0v) is 14.0. The van der Waals surface area contributed by atoms with Crippen LogP contribution in [0.25, 0.3) is 0 Å². The first-order chi connectivity index (χ1) is 10.6. The Morgan fingerprint density at radius 1 is 1.27 bits per heavy atom. The van der Waals surface area contributed by atoms with Crippen molar-refractivity contribution in [3.05, 3.63) is 45.0 Å². The molecule has 0 aliphatic carbocycles. The predicted octanol–water partition coefficient (Wildman–Crippen LogP) is 3.90. The second-order valence-corrected chi connectivity index (χ2v) is 6.73. The number of hydrogen-bond acceptors (Lipinski definition) is 6. The fourth-order valence-electron chi connectivity index (χ4n) is 2.25. The van der Waals surface area contributed by atoms with Gasteiger partial charge in [0.2, 0.25) is 5.95 Å². The molecule has 3 rings (SSSR count). The van der Waals surface area contributed by atoms with Crippen molar-refractivity contribution < 1.29 is 4.92 Å². The number of benzene rings is 1. The maximum Gasteiger partial charge on any atom is 0.320 e. The van der Waals surface area contributed by atoms with Gasteiger partial charge >= 0.3 is 5.69 Å². The smallest absolute Gasteiger partial charge is 0.320 e. The molecule has 0 unspecified atom stereocenters. The van der Waals surface area contributed by atoms with Crippen LogP contribution in [0, 0.1) is 10.1 Å². The van der Waals surface area contributed by atoms with E-state index in [9.17, 15) is 10.1 Å². The van der Waals surface area contributed by atoms with Gasteiger partial charge in [-0.25, -0.2) is 4.98 Å². The van der Waals surface area contributed by atoms with Gasteiger partial charge in [-0.3, -0.25) is 10.1 Å². The Hall–Kier alpha value is -1.67. The van der Waals surface area contributed by atoms with Crippen LogP contribution in [0.5, 0.6) is 0 Å². The lowest BCUT2D eigenvalue weighted by molar-refractivity contribution is -0.388. The average molecular weight is 381 g/mol. The Morgan fingerprint density at radius 3 is 2.68 bits per heavy atom. The number of halogens is 1. The Morgan fingerprint density at radius 2 is 2.00 bits per heavy atom.